The van der Waals surface area contributed by atoms with Gasteiger partial charge in [0.2, 0.25) is 5.91 Å². The van der Waals surface area contributed by atoms with Gasteiger partial charge < -0.3 is 10.6 Å². The molecule has 1 aliphatic rings. The van der Waals surface area contributed by atoms with E-state index in [0.717, 1.165) is 38.0 Å². The minimum absolute atomic E-state index is 0.123. The van der Waals surface area contributed by atoms with Crippen LogP contribution in [-0.2, 0) is 11.8 Å². The van der Waals surface area contributed by atoms with Crippen LogP contribution in [0.4, 0.5) is 5.69 Å². The van der Waals surface area contributed by atoms with Crippen molar-refractivity contribution in [3.8, 4) is 0 Å². The van der Waals surface area contributed by atoms with Gasteiger partial charge in [-0.3, -0.25) is 9.48 Å². The van der Waals surface area contributed by atoms with E-state index in [-0.39, 0.29) is 11.3 Å². The summed E-state index contributed by atoms with van der Waals surface area (Å²) in [4.78, 5) is 12.3. The highest BCUT2D eigenvalue weighted by molar-refractivity contribution is 5.95. The van der Waals surface area contributed by atoms with Crippen LogP contribution >= 0.6 is 0 Å². The molecule has 0 bridgehead atoms. The first-order valence-corrected chi connectivity index (χ1v) is 6.17. The summed E-state index contributed by atoms with van der Waals surface area (Å²) in [6, 6.07) is 0. The Morgan fingerprint density at radius 1 is 1.71 bits per heavy atom. The standard InChI is InChI=1S/C12H20N4O/c1-3-4-12(5-6-13-9-12)11(17)15-10-7-14-16(2)8-10/h7-8,13H,3-6,9H2,1-2H3,(H,15,17). The first-order chi connectivity index (χ1) is 8.16. The van der Waals surface area contributed by atoms with Crippen LogP contribution < -0.4 is 10.6 Å². The van der Waals surface area contributed by atoms with E-state index in [1.54, 1.807) is 10.9 Å². The van der Waals surface area contributed by atoms with Gasteiger partial charge >= 0.3 is 0 Å². The molecule has 0 saturated carbocycles. The molecule has 0 aromatic carbocycles. The van der Waals surface area contributed by atoms with Gasteiger partial charge in [0.15, 0.2) is 0 Å². The maximum absolute atomic E-state index is 12.3. The van der Waals surface area contributed by atoms with Crippen molar-refractivity contribution in [2.24, 2.45) is 12.5 Å². The zero-order chi connectivity index (χ0) is 12.3. The van der Waals surface area contributed by atoms with Crippen LogP contribution in [0.1, 0.15) is 26.2 Å². The van der Waals surface area contributed by atoms with Gasteiger partial charge in [-0.15, -0.1) is 0 Å². The molecule has 2 N–H and O–H groups in total. The normalized spacial score (nSPS) is 23.9. The Morgan fingerprint density at radius 2 is 2.53 bits per heavy atom. The molecular formula is C12H20N4O. The second-order valence-electron chi connectivity index (χ2n) is 4.81. The highest BCUT2D eigenvalue weighted by Gasteiger charge is 2.40. The highest BCUT2D eigenvalue weighted by atomic mass is 16.2. The second-order valence-corrected chi connectivity index (χ2v) is 4.81. The molecule has 2 heterocycles. The lowest BCUT2D eigenvalue weighted by atomic mass is 9.81. The first kappa shape index (κ1) is 12.1. The van der Waals surface area contributed by atoms with E-state index < -0.39 is 0 Å². The van der Waals surface area contributed by atoms with Gasteiger partial charge in [-0.25, -0.2) is 0 Å². The van der Waals surface area contributed by atoms with Crippen LogP contribution in [-0.4, -0.2) is 28.8 Å². The molecule has 1 atom stereocenters. The number of nitrogens with zero attached hydrogens (tertiary/aromatic N) is 2. The number of carbonyl (C=O) groups is 1. The Kier molecular flexibility index (Phi) is 3.47. The van der Waals surface area contributed by atoms with Crippen LogP contribution in [0, 0.1) is 5.41 Å². The summed E-state index contributed by atoms with van der Waals surface area (Å²) < 4.78 is 1.69. The summed E-state index contributed by atoms with van der Waals surface area (Å²) >= 11 is 0. The minimum atomic E-state index is -0.232. The third kappa shape index (κ3) is 2.49. The van der Waals surface area contributed by atoms with E-state index in [4.69, 9.17) is 0 Å². The summed E-state index contributed by atoms with van der Waals surface area (Å²) in [6.45, 7) is 3.84. The molecule has 1 aromatic rings. The van der Waals surface area contributed by atoms with Crippen LogP contribution in [0.3, 0.4) is 0 Å². The number of hydrogen-bond acceptors (Lipinski definition) is 3. The lowest BCUT2D eigenvalue weighted by Gasteiger charge is -2.25. The Labute approximate surface area is 102 Å². The molecule has 0 radical (unpaired) electrons. The van der Waals surface area contributed by atoms with Crippen LogP contribution in [0.2, 0.25) is 0 Å². The molecule has 94 valence electrons. The number of aromatic nitrogens is 2. The predicted molar refractivity (Wildman–Crippen MR) is 66.7 cm³/mol. The lowest BCUT2D eigenvalue weighted by Crippen LogP contribution is -2.38. The summed E-state index contributed by atoms with van der Waals surface area (Å²) in [7, 11) is 1.84. The smallest absolute Gasteiger partial charge is 0.232 e. The Hall–Kier alpha value is -1.36. The van der Waals surface area contributed by atoms with Gasteiger partial charge in [-0.2, -0.15) is 5.10 Å². The molecule has 1 fully saturated rings. The SMILES string of the molecule is CCCC1(C(=O)Nc2cnn(C)c2)CCNC1. The summed E-state index contributed by atoms with van der Waals surface area (Å²) in [5, 5.41) is 10.3. The molecule has 1 saturated heterocycles. The zero-order valence-corrected chi connectivity index (χ0v) is 10.5. The summed E-state index contributed by atoms with van der Waals surface area (Å²) in [6.07, 6.45) is 6.39. The maximum atomic E-state index is 12.3. The minimum Gasteiger partial charge on any atom is -0.323 e. The van der Waals surface area contributed by atoms with Crippen LogP contribution in [0.25, 0.3) is 0 Å². The summed E-state index contributed by atoms with van der Waals surface area (Å²) in [5.74, 6) is 0.123. The molecule has 5 heteroatoms. The number of nitrogens with one attached hydrogen (secondary N) is 2. The van der Waals surface area contributed by atoms with Gasteiger partial charge in [0.1, 0.15) is 0 Å². The Morgan fingerprint density at radius 3 is 3.06 bits per heavy atom. The lowest BCUT2D eigenvalue weighted by molar-refractivity contribution is -0.125. The predicted octanol–water partition coefficient (Wildman–Crippen LogP) is 1.14. The largest absolute Gasteiger partial charge is 0.323 e. The van der Waals surface area contributed by atoms with E-state index in [0.29, 0.717) is 0 Å². The number of anilines is 1. The van der Waals surface area contributed by atoms with E-state index >= 15 is 0 Å². The average Bonchev–Trinajstić information content (AvgIpc) is 2.89. The third-order valence-corrected chi connectivity index (χ3v) is 3.42. The number of aryl methyl sites for hydroxylation is 1. The fourth-order valence-electron chi connectivity index (χ4n) is 2.49. The fourth-order valence-corrected chi connectivity index (χ4v) is 2.49. The molecule has 17 heavy (non-hydrogen) atoms. The molecule has 2 rings (SSSR count). The van der Waals surface area contributed by atoms with Crippen molar-refractivity contribution in [3.05, 3.63) is 12.4 Å². The van der Waals surface area contributed by atoms with Crippen molar-refractivity contribution >= 4 is 11.6 Å². The van der Waals surface area contributed by atoms with E-state index in [1.807, 2.05) is 13.2 Å². The molecule has 1 aliphatic heterocycles. The van der Waals surface area contributed by atoms with Crippen molar-refractivity contribution in [1.82, 2.24) is 15.1 Å². The summed E-state index contributed by atoms with van der Waals surface area (Å²) in [5.41, 5.74) is 0.546. The maximum Gasteiger partial charge on any atom is 0.232 e. The van der Waals surface area contributed by atoms with Crippen LogP contribution in [0.5, 0.6) is 0 Å². The Bertz CT molecular complexity index is 393. The molecule has 1 unspecified atom stereocenters. The van der Waals surface area contributed by atoms with Gasteiger partial charge in [0, 0.05) is 19.8 Å². The molecule has 1 amide bonds. The van der Waals surface area contributed by atoms with E-state index in [2.05, 4.69) is 22.7 Å². The van der Waals surface area contributed by atoms with Crippen molar-refractivity contribution < 1.29 is 4.79 Å². The van der Waals surface area contributed by atoms with Gasteiger partial charge in [0.25, 0.3) is 0 Å². The van der Waals surface area contributed by atoms with Gasteiger partial charge in [0.05, 0.1) is 17.3 Å². The monoisotopic (exact) mass is 236 g/mol. The number of amides is 1. The van der Waals surface area contributed by atoms with Crippen molar-refractivity contribution in [2.75, 3.05) is 18.4 Å². The number of carbonyl (C=O) groups excluding carboxylic acids is 1. The fraction of sp³-hybridized carbons (Fsp3) is 0.667. The third-order valence-electron chi connectivity index (χ3n) is 3.42. The van der Waals surface area contributed by atoms with Gasteiger partial charge in [-0.05, 0) is 19.4 Å². The zero-order valence-electron chi connectivity index (χ0n) is 10.5. The van der Waals surface area contributed by atoms with Crippen molar-refractivity contribution in [3.63, 3.8) is 0 Å². The molecular weight excluding hydrogens is 216 g/mol. The van der Waals surface area contributed by atoms with E-state index in [1.165, 1.54) is 0 Å². The average molecular weight is 236 g/mol. The highest BCUT2D eigenvalue weighted by Crippen LogP contribution is 2.32. The number of rotatable bonds is 4. The Balaban J connectivity index is 2.06. The first-order valence-electron chi connectivity index (χ1n) is 6.17. The quantitative estimate of drug-likeness (QED) is 0.824. The van der Waals surface area contributed by atoms with Crippen molar-refractivity contribution in [2.45, 2.75) is 26.2 Å². The number of hydrogen-bond donors (Lipinski definition) is 2. The van der Waals surface area contributed by atoms with Crippen molar-refractivity contribution in [1.29, 1.82) is 0 Å². The molecule has 0 aliphatic carbocycles. The second kappa shape index (κ2) is 4.87. The van der Waals surface area contributed by atoms with E-state index in [9.17, 15) is 4.79 Å². The molecule has 5 nitrogen and oxygen atoms in total. The molecule has 1 aromatic heterocycles. The van der Waals surface area contributed by atoms with Gasteiger partial charge in [-0.1, -0.05) is 13.3 Å². The molecule has 0 spiro atoms. The topological polar surface area (TPSA) is 59.0 Å². The van der Waals surface area contributed by atoms with Crippen LogP contribution in [0.15, 0.2) is 12.4 Å².